The first kappa shape index (κ1) is 48.5. The van der Waals surface area contributed by atoms with Crippen molar-refractivity contribution in [1.82, 2.24) is 24.3 Å². The molecule has 14 aromatic rings. The maximum absolute atomic E-state index is 5.31. The van der Waals surface area contributed by atoms with Crippen molar-refractivity contribution in [2.24, 2.45) is 0 Å². The number of hydrogen-bond acceptors (Lipinski definition) is 4. The van der Waals surface area contributed by atoms with E-state index in [0.29, 0.717) is 0 Å². The van der Waals surface area contributed by atoms with Crippen molar-refractivity contribution >= 4 is 49.4 Å². The Balaban J connectivity index is 0.00000579. The molecule has 0 saturated heterocycles. The van der Waals surface area contributed by atoms with Crippen LogP contribution in [0.3, 0.4) is 0 Å². The van der Waals surface area contributed by atoms with Crippen molar-refractivity contribution in [1.29, 1.82) is 0 Å². The summed E-state index contributed by atoms with van der Waals surface area (Å²) in [5, 5.41) is 3.03. The van der Waals surface area contributed by atoms with E-state index in [4.69, 9.17) is 9.97 Å². The first-order valence-corrected chi connectivity index (χ1v) is 26.1. The third-order valence-electron chi connectivity index (χ3n) is 15.4. The Morgan fingerprint density at radius 2 is 0.859 bits per heavy atom. The fourth-order valence-corrected chi connectivity index (χ4v) is 11.1. The summed E-state index contributed by atoms with van der Waals surface area (Å²) in [6, 6.07) is 84.6. The molecule has 6 heteroatoms. The van der Waals surface area contributed by atoms with Crippen LogP contribution in [0.15, 0.2) is 219 Å². The second-order valence-electron chi connectivity index (χ2n) is 20.2. The maximum Gasteiger partial charge on any atom is 3.00 e. The third kappa shape index (κ3) is 8.47. The van der Waals surface area contributed by atoms with Crippen LogP contribution in [0, 0.1) is 45.9 Å². The van der Waals surface area contributed by atoms with E-state index in [9.17, 15) is 0 Å². The normalized spacial score (nSPS) is 11.5. The number of fused-ring (bicyclic) bond motifs is 9. The summed E-state index contributed by atoms with van der Waals surface area (Å²) >= 11 is 0. The van der Waals surface area contributed by atoms with Gasteiger partial charge in [-0.25, -0.2) is 4.98 Å². The van der Waals surface area contributed by atoms with Gasteiger partial charge in [0, 0.05) is 23.3 Å². The molecule has 9 aromatic carbocycles. The molecule has 5 heterocycles. The molecule has 0 saturated carbocycles. The molecule has 0 unspecified atom stereocenters. The average molecular weight is 1180 g/mol. The van der Waals surface area contributed by atoms with Crippen molar-refractivity contribution in [3.05, 3.63) is 259 Å². The Bertz CT molecular complexity index is 4640. The summed E-state index contributed by atoms with van der Waals surface area (Å²) in [4.78, 5) is 19.8. The van der Waals surface area contributed by atoms with E-state index in [-0.39, 0.29) is 20.1 Å². The number of aromatic nitrogens is 5. The zero-order valence-corrected chi connectivity index (χ0v) is 45.7. The molecule has 78 heavy (non-hydrogen) atoms. The van der Waals surface area contributed by atoms with Crippen molar-refractivity contribution < 1.29 is 20.1 Å². The van der Waals surface area contributed by atoms with Crippen LogP contribution in [-0.2, 0) is 20.1 Å². The molecule has 0 aliphatic rings. The summed E-state index contributed by atoms with van der Waals surface area (Å²) in [5.74, 6) is 0. The van der Waals surface area contributed by atoms with Gasteiger partial charge in [-0.2, -0.15) is 0 Å². The van der Waals surface area contributed by atoms with Crippen LogP contribution in [0.2, 0.25) is 0 Å². The number of rotatable bonds is 8. The molecule has 14 rings (SSSR count). The van der Waals surface area contributed by atoms with Crippen LogP contribution < -0.4 is 0 Å². The van der Waals surface area contributed by atoms with Gasteiger partial charge in [0.25, 0.3) is 0 Å². The fourth-order valence-electron chi connectivity index (χ4n) is 11.1. The van der Waals surface area contributed by atoms with Gasteiger partial charge in [0.2, 0.25) is 0 Å². The van der Waals surface area contributed by atoms with Crippen molar-refractivity contribution in [2.45, 2.75) is 27.7 Å². The monoisotopic (exact) mass is 1180 g/mol. The van der Waals surface area contributed by atoms with E-state index in [2.05, 4.69) is 224 Å². The maximum atomic E-state index is 5.31. The zero-order valence-electron chi connectivity index (χ0n) is 43.4. The number of aryl methyl sites for hydroxylation is 4. The van der Waals surface area contributed by atoms with Gasteiger partial charge in [0.15, 0.2) is 0 Å². The quantitative estimate of drug-likeness (QED) is 0.0864. The summed E-state index contributed by atoms with van der Waals surface area (Å²) in [6.45, 7) is 8.84. The molecular formula is C72H48IrN5. The number of hydrogen-bond donors (Lipinski definition) is 0. The van der Waals surface area contributed by atoms with E-state index in [0.717, 1.165) is 139 Å². The Morgan fingerprint density at radius 3 is 1.44 bits per heavy atom. The number of nitrogens with zero attached hydrogens (tertiary/aromatic N) is 5. The summed E-state index contributed by atoms with van der Waals surface area (Å²) < 4.78 is 2.31. The molecule has 5 aromatic heterocycles. The van der Waals surface area contributed by atoms with Crippen molar-refractivity contribution in [3.8, 4) is 89.3 Å². The van der Waals surface area contributed by atoms with Gasteiger partial charge >= 0.3 is 20.1 Å². The van der Waals surface area contributed by atoms with E-state index < -0.39 is 0 Å². The molecule has 370 valence electrons. The molecule has 0 bridgehead atoms. The second-order valence-corrected chi connectivity index (χ2v) is 20.2. The van der Waals surface area contributed by atoms with Gasteiger partial charge in [-0.3, -0.25) is 4.98 Å². The van der Waals surface area contributed by atoms with Crippen LogP contribution >= 0.6 is 0 Å². The summed E-state index contributed by atoms with van der Waals surface area (Å²) in [6.07, 6.45) is 3.66. The number of imidazole rings is 1. The van der Waals surface area contributed by atoms with E-state index in [1.54, 1.807) is 0 Å². The largest absolute Gasteiger partial charge is 3.00 e. The third-order valence-corrected chi connectivity index (χ3v) is 15.4. The summed E-state index contributed by atoms with van der Waals surface area (Å²) in [5.41, 5.74) is 27.6. The first-order valence-electron chi connectivity index (χ1n) is 26.1. The van der Waals surface area contributed by atoms with Crippen LogP contribution in [0.5, 0.6) is 0 Å². The Kier molecular flexibility index (Phi) is 12.3. The molecule has 0 amide bonds. The molecule has 0 spiro atoms. The molecule has 0 atom stereocenters. The molecule has 0 fully saturated rings. The average Bonchev–Trinajstić information content (AvgIpc) is 4.12. The molecule has 0 N–H and O–H groups in total. The zero-order chi connectivity index (χ0) is 51.7. The molecule has 0 radical (unpaired) electrons. The molecule has 5 nitrogen and oxygen atoms in total. The minimum atomic E-state index is 0. The van der Waals surface area contributed by atoms with Gasteiger partial charge in [-0.05, 0) is 160 Å². The fraction of sp³-hybridized carbons (Fsp3) is 0.0556. The Morgan fingerprint density at radius 1 is 0.372 bits per heavy atom. The van der Waals surface area contributed by atoms with Gasteiger partial charge in [-0.15, -0.1) is 83.2 Å². The molecular weight excluding hydrogens is 1130 g/mol. The first-order chi connectivity index (χ1) is 37.8. The SMILES string of the molecule is Cc1cc(-c2c[c-]c(-c3ccccn3)cc2)c(-c2cc(-c3ccccc3-c3c[c-]c(-c4ccccn4)cc3)cc(-c3cc(C)c(C)cc3-c3c[c-]c4c5nc6ccccc6cc5c5nc6ccccc6n5c4c3)c2)cc1C.[Ir+3]. The Labute approximate surface area is 467 Å². The van der Waals surface area contributed by atoms with Crippen LogP contribution in [-0.4, -0.2) is 24.3 Å². The minimum absolute atomic E-state index is 0. The number of pyridine rings is 4. The van der Waals surface area contributed by atoms with E-state index in [1.165, 1.54) is 22.3 Å². The van der Waals surface area contributed by atoms with Crippen LogP contribution in [0.25, 0.3) is 139 Å². The van der Waals surface area contributed by atoms with Gasteiger partial charge in [-0.1, -0.05) is 137 Å². The van der Waals surface area contributed by atoms with Gasteiger partial charge in [0.1, 0.15) is 5.65 Å². The van der Waals surface area contributed by atoms with Gasteiger partial charge in [0.05, 0.1) is 16.6 Å². The predicted octanol–water partition coefficient (Wildman–Crippen LogP) is 18.1. The van der Waals surface area contributed by atoms with Crippen molar-refractivity contribution in [3.63, 3.8) is 0 Å². The van der Waals surface area contributed by atoms with Gasteiger partial charge < -0.3 is 14.4 Å². The standard InChI is InChI=1S/C72H48N5.Ir/c1-44-35-60(49-25-29-51(30-26-49)66-19-12-14-34-74-66)62(37-46(44)3)55-39-54(58-17-7-6-16-57(58)48-23-27-50(28-24-48)65-18-11-13-33-73-65)40-56(41-55)63-38-47(4)45(2)36-61(63)52-31-32-59-70(43-52)77-69-22-10-9-21-68(69)76-72(77)64-42-53-15-5-8-20-67(53)75-71(59)64;/h5-27,29,31,33-43H,1-4H3;/q-3;+3. The van der Waals surface area contributed by atoms with E-state index in [1.807, 2.05) is 54.9 Å². The Hall–Kier alpha value is -9.19. The molecule has 0 aliphatic carbocycles. The predicted molar refractivity (Wildman–Crippen MR) is 318 cm³/mol. The number of benzene rings is 9. The minimum Gasteiger partial charge on any atom is -0.335 e. The van der Waals surface area contributed by atoms with Crippen LogP contribution in [0.4, 0.5) is 0 Å². The smallest absolute Gasteiger partial charge is 0.335 e. The number of para-hydroxylation sites is 3. The second kappa shape index (κ2) is 19.7. The van der Waals surface area contributed by atoms with Crippen molar-refractivity contribution in [2.75, 3.05) is 0 Å². The summed E-state index contributed by atoms with van der Waals surface area (Å²) in [7, 11) is 0. The van der Waals surface area contributed by atoms with Crippen LogP contribution in [0.1, 0.15) is 22.3 Å². The van der Waals surface area contributed by atoms with E-state index >= 15 is 0 Å². The molecule has 0 aliphatic heterocycles. The topological polar surface area (TPSA) is 56.0 Å².